The number of carbonyl (C=O) groups is 1. The third-order valence-electron chi connectivity index (χ3n) is 4.52. The summed E-state index contributed by atoms with van der Waals surface area (Å²) < 4.78 is 24.2. The number of rotatable bonds is 6. The molecular formula is C17H22N2O3S2. The first-order chi connectivity index (χ1) is 11.4. The van der Waals surface area contributed by atoms with E-state index in [0.717, 1.165) is 29.8 Å². The standard InChI is InChI=1S/C17H22N2O3S2/c1-19(13-10-11-24(21,22)12-13)17(20)9-5-4-8-16-18-14-6-2-3-7-15(14)23-16/h2-3,6-7,13H,4-5,8-12H2,1H3. The van der Waals surface area contributed by atoms with Gasteiger partial charge in [-0.05, 0) is 37.8 Å². The van der Waals surface area contributed by atoms with Gasteiger partial charge in [-0.1, -0.05) is 12.1 Å². The first-order valence-corrected chi connectivity index (χ1v) is 10.9. The zero-order chi connectivity index (χ0) is 17.2. The Morgan fingerprint density at radius 2 is 2.12 bits per heavy atom. The van der Waals surface area contributed by atoms with Gasteiger partial charge in [0, 0.05) is 19.5 Å². The number of aryl methyl sites for hydroxylation is 1. The van der Waals surface area contributed by atoms with Crippen LogP contribution < -0.4 is 0 Å². The lowest BCUT2D eigenvalue weighted by molar-refractivity contribution is -0.131. The summed E-state index contributed by atoms with van der Waals surface area (Å²) in [6.07, 6.45) is 3.64. The minimum atomic E-state index is -2.95. The third-order valence-corrected chi connectivity index (χ3v) is 7.37. The van der Waals surface area contributed by atoms with Crippen LogP contribution >= 0.6 is 11.3 Å². The number of hydrogen-bond acceptors (Lipinski definition) is 5. The maximum Gasteiger partial charge on any atom is 0.222 e. The van der Waals surface area contributed by atoms with Crippen LogP contribution in [0.1, 0.15) is 30.7 Å². The van der Waals surface area contributed by atoms with E-state index >= 15 is 0 Å². The number of sulfone groups is 1. The predicted molar refractivity (Wildman–Crippen MR) is 97.0 cm³/mol. The second kappa shape index (κ2) is 7.19. The van der Waals surface area contributed by atoms with Gasteiger partial charge in [-0.3, -0.25) is 4.79 Å². The fraction of sp³-hybridized carbons (Fsp3) is 0.529. The number of para-hydroxylation sites is 1. The van der Waals surface area contributed by atoms with Gasteiger partial charge < -0.3 is 4.90 Å². The van der Waals surface area contributed by atoms with Crippen LogP contribution in [0.4, 0.5) is 0 Å². The fourth-order valence-corrected chi connectivity index (χ4v) is 5.82. The molecule has 1 aromatic carbocycles. The van der Waals surface area contributed by atoms with Crippen LogP contribution in [-0.4, -0.2) is 48.8 Å². The van der Waals surface area contributed by atoms with E-state index in [1.54, 1.807) is 23.3 Å². The highest BCUT2D eigenvalue weighted by molar-refractivity contribution is 7.91. The molecule has 0 bridgehead atoms. The molecule has 1 atom stereocenters. The van der Waals surface area contributed by atoms with Gasteiger partial charge in [-0.15, -0.1) is 11.3 Å². The van der Waals surface area contributed by atoms with E-state index in [2.05, 4.69) is 11.1 Å². The molecule has 3 rings (SSSR count). The van der Waals surface area contributed by atoms with E-state index < -0.39 is 9.84 Å². The van der Waals surface area contributed by atoms with Crippen molar-refractivity contribution >= 4 is 37.3 Å². The SMILES string of the molecule is CN(C(=O)CCCCc1nc2ccccc2s1)C1CCS(=O)(=O)C1. The molecule has 0 saturated carbocycles. The summed E-state index contributed by atoms with van der Waals surface area (Å²) in [5, 5.41) is 1.11. The Morgan fingerprint density at radius 1 is 1.33 bits per heavy atom. The number of carbonyl (C=O) groups excluding carboxylic acids is 1. The number of thiazole rings is 1. The Bertz CT molecular complexity index is 796. The molecule has 1 unspecified atom stereocenters. The summed E-state index contributed by atoms with van der Waals surface area (Å²) >= 11 is 1.71. The van der Waals surface area contributed by atoms with Gasteiger partial charge in [-0.2, -0.15) is 0 Å². The minimum absolute atomic E-state index is 0.0430. The molecule has 0 radical (unpaired) electrons. The molecule has 7 heteroatoms. The van der Waals surface area contributed by atoms with Gasteiger partial charge in [0.1, 0.15) is 0 Å². The van der Waals surface area contributed by atoms with Crippen LogP contribution in [0.2, 0.25) is 0 Å². The van der Waals surface area contributed by atoms with E-state index in [1.807, 2.05) is 18.2 Å². The van der Waals surface area contributed by atoms with Gasteiger partial charge in [0.05, 0.1) is 26.7 Å². The highest BCUT2D eigenvalue weighted by Crippen LogP contribution is 2.23. The predicted octanol–water partition coefficient (Wildman–Crippen LogP) is 2.65. The van der Waals surface area contributed by atoms with Crippen molar-refractivity contribution in [2.75, 3.05) is 18.6 Å². The lowest BCUT2D eigenvalue weighted by Crippen LogP contribution is -2.37. The summed E-state index contributed by atoms with van der Waals surface area (Å²) in [7, 11) is -1.23. The molecule has 1 aliphatic heterocycles. The lowest BCUT2D eigenvalue weighted by atomic mass is 10.1. The topological polar surface area (TPSA) is 67.3 Å². The number of amides is 1. The highest BCUT2D eigenvalue weighted by atomic mass is 32.2. The normalized spacial score (nSPS) is 19.6. The van der Waals surface area contributed by atoms with E-state index in [1.165, 1.54) is 4.70 Å². The van der Waals surface area contributed by atoms with Gasteiger partial charge in [0.15, 0.2) is 9.84 Å². The molecule has 0 N–H and O–H groups in total. The van der Waals surface area contributed by atoms with Crippen molar-refractivity contribution in [3.63, 3.8) is 0 Å². The quantitative estimate of drug-likeness (QED) is 0.737. The monoisotopic (exact) mass is 366 g/mol. The maximum absolute atomic E-state index is 12.2. The molecule has 5 nitrogen and oxygen atoms in total. The van der Waals surface area contributed by atoms with E-state index in [0.29, 0.717) is 12.8 Å². The fourth-order valence-electron chi connectivity index (χ4n) is 3.04. The Labute approximate surface area is 146 Å². The van der Waals surface area contributed by atoms with Crippen LogP contribution in [0.25, 0.3) is 10.2 Å². The molecule has 2 aromatic rings. The number of aromatic nitrogens is 1. The van der Waals surface area contributed by atoms with Gasteiger partial charge in [-0.25, -0.2) is 13.4 Å². The molecule has 1 fully saturated rings. The second-order valence-electron chi connectivity index (χ2n) is 6.34. The van der Waals surface area contributed by atoms with Crippen LogP contribution in [0.5, 0.6) is 0 Å². The van der Waals surface area contributed by atoms with Gasteiger partial charge in [0.2, 0.25) is 5.91 Å². The highest BCUT2D eigenvalue weighted by Gasteiger charge is 2.32. The number of benzene rings is 1. The lowest BCUT2D eigenvalue weighted by Gasteiger charge is -2.23. The third kappa shape index (κ3) is 4.13. The molecular weight excluding hydrogens is 344 g/mol. The Hall–Kier alpha value is -1.47. The maximum atomic E-state index is 12.2. The summed E-state index contributed by atoms with van der Waals surface area (Å²) in [5.74, 6) is 0.356. The average molecular weight is 367 g/mol. The van der Waals surface area contributed by atoms with Crippen molar-refractivity contribution in [2.45, 2.75) is 38.1 Å². The van der Waals surface area contributed by atoms with Crippen LogP contribution in [0, 0.1) is 0 Å². The Kier molecular flexibility index (Phi) is 5.20. The molecule has 1 saturated heterocycles. The Morgan fingerprint density at radius 3 is 2.83 bits per heavy atom. The Balaban J connectivity index is 1.43. The number of hydrogen-bond donors (Lipinski definition) is 0. The van der Waals surface area contributed by atoms with Gasteiger partial charge in [0.25, 0.3) is 0 Å². The number of fused-ring (bicyclic) bond motifs is 1. The van der Waals surface area contributed by atoms with E-state index in [-0.39, 0.29) is 23.5 Å². The van der Waals surface area contributed by atoms with Crippen molar-refractivity contribution in [2.24, 2.45) is 0 Å². The van der Waals surface area contributed by atoms with Crippen molar-refractivity contribution in [3.8, 4) is 0 Å². The molecule has 130 valence electrons. The minimum Gasteiger partial charge on any atom is -0.342 e. The van der Waals surface area contributed by atoms with E-state index in [9.17, 15) is 13.2 Å². The molecule has 0 spiro atoms. The molecule has 1 aromatic heterocycles. The van der Waals surface area contributed by atoms with Crippen LogP contribution in [-0.2, 0) is 21.1 Å². The van der Waals surface area contributed by atoms with Crippen LogP contribution in [0.15, 0.2) is 24.3 Å². The zero-order valence-electron chi connectivity index (χ0n) is 13.8. The first kappa shape index (κ1) is 17.4. The van der Waals surface area contributed by atoms with E-state index in [4.69, 9.17) is 0 Å². The van der Waals surface area contributed by atoms with Gasteiger partial charge >= 0.3 is 0 Å². The first-order valence-electron chi connectivity index (χ1n) is 8.25. The van der Waals surface area contributed by atoms with Crippen molar-refractivity contribution in [3.05, 3.63) is 29.3 Å². The van der Waals surface area contributed by atoms with Crippen molar-refractivity contribution in [1.29, 1.82) is 0 Å². The second-order valence-corrected chi connectivity index (χ2v) is 9.69. The molecule has 2 heterocycles. The summed E-state index contributed by atoms with van der Waals surface area (Å²) in [6, 6.07) is 7.95. The van der Waals surface area contributed by atoms with Crippen LogP contribution in [0.3, 0.4) is 0 Å². The summed E-state index contributed by atoms with van der Waals surface area (Å²) in [6.45, 7) is 0. The zero-order valence-corrected chi connectivity index (χ0v) is 15.4. The summed E-state index contributed by atoms with van der Waals surface area (Å²) in [4.78, 5) is 18.4. The van der Waals surface area contributed by atoms with Crippen molar-refractivity contribution < 1.29 is 13.2 Å². The van der Waals surface area contributed by atoms with Crippen molar-refractivity contribution in [1.82, 2.24) is 9.88 Å². The smallest absolute Gasteiger partial charge is 0.222 e. The summed E-state index contributed by atoms with van der Waals surface area (Å²) in [5.41, 5.74) is 1.04. The largest absolute Gasteiger partial charge is 0.342 e. The molecule has 0 aliphatic carbocycles. The molecule has 24 heavy (non-hydrogen) atoms. The molecule has 1 aliphatic rings. The number of unbranched alkanes of at least 4 members (excludes halogenated alkanes) is 1. The average Bonchev–Trinajstić information content (AvgIpc) is 3.13. The molecule has 1 amide bonds. The number of nitrogens with zero attached hydrogens (tertiary/aromatic N) is 2.